The van der Waals surface area contributed by atoms with Crippen molar-refractivity contribution in [2.45, 2.75) is 13.8 Å². The predicted molar refractivity (Wildman–Crippen MR) is 128 cm³/mol. The molecular formula is C25H22FN5O3. The number of pyridine rings is 1. The quantitative estimate of drug-likeness (QED) is 0.442. The normalized spacial score (nSPS) is 10.6. The molecule has 0 saturated heterocycles. The number of amides is 1. The van der Waals surface area contributed by atoms with Gasteiger partial charge in [0, 0.05) is 24.6 Å². The highest BCUT2D eigenvalue weighted by Crippen LogP contribution is 2.28. The fourth-order valence-electron chi connectivity index (χ4n) is 3.40. The van der Waals surface area contributed by atoms with E-state index in [2.05, 4.69) is 20.6 Å². The van der Waals surface area contributed by atoms with E-state index in [0.717, 1.165) is 11.1 Å². The second kappa shape index (κ2) is 9.53. The van der Waals surface area contributed by atoms with Crippen molar-refractivity contribution in [2.75, 3.05) is 17.7 Å². The summed E-state index contributed by atoms with van der Waals surface area (Å²) in [5, 5.41) is 5.75. The summed E-state index contributed by atoms with van der Waals surface area (Å²) in [6.07, 6.45) is 2.94. The molecule has 172 valence electrons. The van der Waals surface area contributed by atoms with E-state index in [1.165, 1.54) is 47.4 Å². The molecule has 0 aliphatic rings. The molecule has 0 bridgehead atoms. The van der Waals surface area contributed by atoms with Crippen LogP contribution in [0.1, 0.15) is 21.5 Å². The first-order chi connectivity index (χ1) is 16.4. The Balaban J connectivity index is 1.55. The van der Waals surface area contributed by atoms with Crippen molar-refractivity contribution in [1.29, 1.82) is 0 Å². The lowest BCUT2D eigenvalue weighted by atomic mass is 10.1. The number of aryl methyl sites for hydroxylation is 1. The molecular weight excluding hydrogens is 437 g/mol. The monoisotopic (exact) mass is 459 g/mol. The number of aromatic nitrogens is 3. The molecule has 2 aromatic carbocycles. The van der Waals surface area contributed by atoms with Crippen LogP contribution in [0.25, 0.3) is 5.69 Å². The molecule has 34 heavy (non-hydrogen) atoms. The molecule has 4 rings (SSSR count). The van der Waals surface area contributed by atoms with Crippen LogP contribution in [-0.2, 0) is 0 Å². The number of hydrogen-bond donors (Lipinski definition) is 2. The zero-order valence-electron chi connectivity index (χ0n) is 18.8. The van der Waals surface area contributed by atoms with Crippen molar-refractivity contribution in [1.82, 2.24) is 14.5 Å². The van der Waals surface area contributed by atoms with E-state index >= 15 is 0 Å². The average molecular weight is 459 g/mol. The van der Waals surface area contributed by atoms with Crippen LogP contribution >= 0.6 is 0 Å². The molecule has 0 radical (unpaired) electrons. The van der Waals surface area contributed by atoms with Gasteiger partial charge in [-0.1, -0.05) is 0 Å². The van der Waals surface area contributed by atoms with E-state index < -0.39 is 17.3 Å². The molecule has 4 aromatic rings. The number of hydrogen-bond acceptors (Lipinski definition) is 6. The predicted octanol–water partition coefficient (Wildman–Crippen LogP) is 4.47. The van der Waals surface area contributed by atoms with Gasteiger partial charge in [-0.15, -0.1) is 0 Å². The minimum Gasteiger partial charge on any atom is -0.439 e. The van der Waals surface area contributed by atoms with E-state index in [9.17, 15) is 14.0 Å². The maximum Gasteiger partial charge on any atom is 0.267 e. The Morgan fingerprint density at radius 3 is 2.53 bits per heavy atom. The lowest BCUT2D eigenvalue weighted by molar-refractivity contribution is 0.102. The van der Waals surface area contributed by atoms with Gasteiger partial charge in [0.1, 0.15) is 29.3 Å². The van der Waals surface area contributed by atoms with Crippen LogP contribution in [0.15, 0.2) is 71.9 Å². The van der Waals surface area contributed by atoms with Crippen LogP contribution in [0.5, 0.6) is 11.6 Å². The van der Waals surface area contributed by atoms with Crippen LogP contribution in [0.2, 0.25) is 0 Å². The first kappa shape index (κ1) is 22.7. The number of carbonyl (C=O) groups is 1. The third-order valence-corrected chi connectivity index (χ3v) is 5.23. The number of nitrogens with zero attached hydrogens (tertiary/aromatic N) is 3. The van der Waals surface area contributed by atoms with E-state index in [4.69, 9.17) is 4.74 Å². The molecule has 0 unspecified atom stereocenters. The molecule has 0 atom stereocenters. The number of halogens is 1. The van der Waals surface area contributed by atoms with E-state index in [0.29, 0.717) is 28.8 Å². The summed E-state index contributed by atoms with van der Waals surface area (Å²) in [6, 6.07) is 13.6. The lowest BCUT2D eigenvalue weighted by Gasteiger charge is -2.13. The van der Waals surface area contributed by atoms with Gasteiger partial charge < -0.3 is 15.4 Å². The van der Waals surface area contributed by atoms with Gasteiger partial charge in [0.05, 0.1) is 5.56 Å². The van der Waals surface area contributed by atoms with Crippen LogP contribution in [0, 0.1) is 19.7 Å². The highest BCUT2D eigenvalue weighted by molar-refractivity contribution is 6.04. The molecule has 1 amide bonds. The molecule has 2 N–H and O–H groups in total. The van der Waals surface area contributed by atoms with Gasteiger partial charge in [0.25, 0.3) is 11.5 Å². The molecule has 0 fully saturated rings. The minimum absolute atomic E-state index is 0.0391. The van der Waals surface area contributed by atoms with Gasteiger partial charge >= 0.3 is 0 Å². The summed E-state index contributed by atoms with van der Waals surface area (Å²) in [4.78, 5) is 34.1. The Bertz CT molecular complexity index is 1420. The largest absolute Gasteiger partial charge is 0.439 e. The smallest absolute Gasteiger partial charge is 0.267 e. The molecule has 0 saturated carbocycles. The number of nitrogens with one attached hydrogen (secondary N) is 2. The SMILES string of the molecule is CNc1ncnc(Oc2ccc(NC(=O)c3cccn(-c4ccc(F)cc4)c3=O)c(C)c2)c1C. The number of anilines is 2. The van der Waals surface area contributed by atoms with Gasteiger partial charge in [-0.2, -0.15) is 0 Å². The Kier molecular flexibility index (Phi) is 6.35. The molecule has 0 spiro atoms. The fraction of sp³-hybridized carbons (Fsp3) is 0.120. The third kappa shape index (κ3) is 4.63. The standard InChI is InChI=1S/C25H22FN5O3/c1-15-13-19(34-24-16(2)22(27-3)28-14-29-24)10-11-21(15)30-23(32)20-5-4-12-31(25(20)33)18-8-6-17(26)7-9-18/h4-14H,1-3H3,(H,30,32)(H,27,28,29). The zero-order chi connectivity index (χ0) is 24.2. The second-order valence-corrected chi connectivity index (χ2v) is 7.51. The second-order valence-electron chi connectivity index (χ2n) is 7.51. The summed E-state index contributed by atoms with van der Waals surface area (Å²) >= 11 is 0. The van der Waals surface area contributed by atoms with Crippen molar-refractivity contribution in [2.24, 2.45) is 0 Å². The van der Waals surface area contributed by atoms with Crippen LogP contribution < -0.4 is 20.9 Å². The Labute approximate surface area is 195 Å². The average Bonchev–Trinajstić information content (AvgIpc) is 2.83. The van der Waals surface area contributed by atoms with Crippen molar-refractivity contribution < 1.29 is 13.9 Å². The highest BCUT2D eigenvalue weighted by Gasteiger charge is 2.15. The van der Waals surface area contributed by atoms with E-state index in [-0.39, 0.29) is 5.56 Å². The van der Waals surface area contributed by atoms with Gasteiger partial charge in [0.2, 0.25) is 5.88 Å². The zero-order valence-corrected chi connectivity index (χ0v) is 18.8. The van der Waals surface area contributed by atoms with E-state index in [1.54, 1.807) is 31.3 Å². The van der Waals surface area contributed by atoms with Gasteiger partial charge in [-0.05, 0) is 74.0 Å². The van der Waals surface area contributed by atoms with Crippen molar-refractivity contribution in [3.05, 3.63) is 100.0 Å². The topological polar surface area (TPSA) is 98.1 Å². The summed E-state index contributed by atoms with van der Waals surface area (Å²) < 4.78 is 20.4. The first-order valence-electron chi connectivity index (χ1n) is 10.4. The number of benzene rings is 2. The van der Waals surface area contributed by atoms with Crippen molar-refractivity contribution >= 4 is 17.4 Å². The number of carbonyl (C=O) groups excluding carboxylic acids is 1. The Morgan fingerprint density at radius 1 is 1.06 bits per heavy atom. The molecule has 2 aromatic heterocycles. The van der Waals surface area contributed by atoms with Crippen LogP contribution in [0.4, 0.5) is 15.9 Å². The van der Waals surface area contributed by atoms with Gasteiger partial charge in [0.15, 0.2) is 0 Å². The highest BCUT2D eigenvalue weighted by atomic mass is 19.1. The molecule has 2 heterocycles. The molecule has 0 aliphatic carbocycles. The number of ether oxygens (including phenoxy) is 1. The number of rotatable bonds is 6. The first-order valence-corrected chi connectivity index (χ1v) is 10.4. The molecule has 9 heteroatoms. The fourth-order valence-corrected chi connectivity index (χ4v) is 3.40. The Hall–Kier alpha value is -4.53. The van der Waals surface area contributed by atoms with Crippen molar-refractivity contribution in [3.8, 4) is 17.3 Å². The maximum absolute atomic E-state index is 13.2. The third-order valence-electron chi connectivity index (χ3n) is 5.23. The summed E-state index contributed by atoms with van der Waals surface area (Å²) in [7, 11) is 1.77. The lowest BCUT2D eigenvalue weighted by Crippen LogP contribution is -2.28. The summed E-state index contributed by atoms with van der Waals surface area (Å²) in [6.45, 7) is 3.66. The van der Waals surface area contributed by atoms with Gasteiger partial charge in [-0.25, -0.2) is 14.4 Å². The maximum atomic E-state index is 13.2. The summed E-state index contributed by atoms with van der Waals surface area (Å²) in [5.74, 6) is 0.660. The summed E-state index contributed by atoms with van der Waals surface area (Å²) in [5.41, 5.74) is 1.94. The Morgan fingerprint density at radius 2 is 1.82 bits per heavy atom. The molecule has 8 nitrogen and oxygen atoms in total. The minimum atomic E-state index is -0.552. The van der Waals surface area contributed by atoms with Crippen LogP contribution in [0.3, 0.4) is 0 Å². The van der Waals surface area contributed by atoms with Crippen molar-refractivity contribution in [3.63, 3.8) is 0 Å². The molecule has 0 aliphatic heterocycles. The van der Waals surface area contributed by atoms with Crippen LogP contribution in [-0.4, -0.2) is 27.5 Å². The van der Waals surface area contributed by atoms with E-state index in [1.807, 2.05) is 13.8 Å². The van der Waals surface area contributed by atoms with Gasteiger partial charge in [-0.3, -0.25) is 14.2 Å².